The molecule has 0 radical (unpaired) electrons. The molecule has 1 aliphatic rings. The molecule has 138 valence electrons. The van der Waals surface area contributed by atoms with Crippen molar-refractivity contribution < 1.29 is 0 Å². The minimum atomic E-state index is 0.707. The van der Waals surface area contributed by atoms with Crippen LogP contribution in [0.2, 0.25) is 0 Å². The van der Waals surface area contributed by atoms with Crippen LogP contribution in [-0.2, 0) is 6.54 Å². The highest BCUT2D eigenvalue weighted by Crippen LogP contribution is 2.26. The monoisotopic (exact) mass is 355 g/mol. The van der Waals surface area contributed by atoms with Gasteiger partial charge < -0.3 is 0 Å². The Labute approximate surface area is 163 Å². The molecule has 0 aliphatic heterocycles. The summed E-state index contributed by atoms with van der Waals surface area (Å²) in [5.41, 5.74) is 2.73. The second-order valence-electron chi connectivity index (χ2n) is 7.67. The van der Waals surface area contributed by atoms with Crippen molar-refractivity contribution in [3.05, 3.63) is 90.0 Å². The van der Waals surface area contributed by atoms with E-state index in [1.165, 1.54) is 54.0 Å². The van der Waals surface area contributed by atoms with Gasteiger partial charge >= 0.3 is 0 Å². The van der Waals surface area contributed by atoms with Gasteiger partial charge in [-0.2, -0.15) is 0 Å². The Morgan fingerprint density at radius 2 is 1.52 bits per heavy atom. The van der Waals surface area contributed by atoms with Gasteiger partial charge in [-0.3, -0.25) is 4.90 Å². The van der Waals surface area contributed by atoms with E-state index in [4.69, 9.17) is 0 Å². The van der Waals surface area contributed by atoms with E-state index in [-0.39, 0.29) is 0 Å². The molecule has 1 saturated carbocycles. The van der Waals surface area contributed by atoms with E-state index in [0.29, 0.717) is 6.04 Å². The first-order chi connectivity index (χ1) is 13.4. The van der Waals surface area contributed by atoms with Crippen LogP contribution in [0.5, 0.6) is 0 Å². The highest BCUT2D eigenvalue weighted by molar-refractivity contribution is 5.85. The third-order valence-corrected chi connectivity index (χ3v) is 5.79. The fraction of sp³-hybridized carbons (Fsp3) is 0.308. The van der Waals surface area contributed by atoms with Crippen LogP contribution in [0, 0.1) is 0 Å². The lowest BCUT2D eigenvalue weighted by molar-refractivity contribution is 0.165. The average Bonchev–Trinajstić information content (AvgIpc) is 2.74. The molecule has 1 nitrogen and oxygen atoms in total. The van der Waals surface area contributed by atoms with Crippen LogP contribution in [0.3, 0.4) is 0 Å². The van der Waals surface area contributed by atoms with E-state index in [1.54, 1.807) is 0 Å². The number of hydrogen-bond donors (Lipinski definition) is 0. The average molecular weight is 356 g/mol. The van der Waals surface area contributed by atoms with Crippen molar-refractivity contribution in [2.75, 3.05) is 6.54 Å². The zero-order valence-corrected chi connectivity index (χ0v) is 16.1. The Bertz CT molecular complexity index is 870. The van der Waals surface area contributed by atoms with Crippen molar-refractivity contribution in [3.63, 3.8) is 0 Å². The molecule has 0 unspecified atom stereocenters. The lowest BCUT2D eigenvalue weighted by Crippen LogP contribution is -2.36. The fourth-order valence-corrected chi connectivity index (χ4v) is 4.33. The number of hydrogen-bond acceptors (Lipinski definition) is 1. The molecule has 0 saturated heterocycles. The summed E-state index contributed by atoms with van der Waals surface area (Å²) in [5, 5.41) is 2.74. The molecule has 3 aromatic rings. The van der Waals surface area contributed by atoms with Crippen molar-refractivity contribution >= 4 is 16.8 Å². The smallest absolute Gasteiger partial charge is 0.0246 e. The second kappa shape index (κ2) is 9.01. The molecule has 0 bridgehead atoms. The SMILES string of the molecule is C(=C\c1ccccc1)/CN(Cc1cccc2ccccc12)C1CCCCC1. The van der Waals surface area contributed by atoms with Crippen molar-refractivity contribution in [1.29, 1.82) is 0 Å². The van der Waals surface area contributed by atoms with Crippen LogP contribution in [0.4, 0.5) is 0 Å². The molecule has 1 heteroatoms. The Morgan fingerprint density at radius 3 is 2.37 bits per heavy atom. The molecule has 0 atom stereocenters. The lowest BCUT2D eigenvalue weighted by atomic mass is 9.93. The van der Waals surface area contributed by atoms with Gasteiger partial charge in [-0.25, -0.2) is 0 Å². The van der Waals surface area contributed by atoms with Gasteiger partial charge in [0.2, 0.25) is 0 Å². The van der Waals surface area contributed by atoms with E-state index in [1.807, 2.05) is 0 Å². The first kappa shape index (κ1) is 18.0. The largest absolute Gasteiger partial charge is 0.292 e. The van der Waals surface area contributed by atoms with E-state index in [2.05, 4.69) is 89.8 Å². The Balaban J connectivity index is 1.54. The van der Waals surface area contributed by atoms with E-state index in [0.717, 1.165) is 13.1 Å². The van der Waals surface area contributed by atoms with Crippen molar-refractivity contribution in [1.82, 2.24) is 4.90 Å². The van der Waals surface area contributed by atoms with Gasteiger partial charge in [0.1, 0.15) is 0 Å². The van der Waals surface area contributed by atoms with Crippen LogP contribution in [0.15, 0.2) is 78.9 Å². The van der Waals surface area contributed by atoms with Crippen LogP contribution < -0.4 is 0 Å². The van der Waals surface area contributed by atoms with E-state index < -0.39 is 0 Å². The Hall–Kier alpha value is -2.38. The fourth-order valence-electron chi connectivity index (χ4n) is 4.33. The van der Waals surface area contributed by atoms with Gasteiger partial charge in [0.15, 0.2) is 0 Å². The van der Waals surface area contributed by atoms with Gasteiger partial charge in [0.25, 0.3) is 0 Å². The third kappa shape index (κ3) is 4.67. The summed E-state index contributed by atoms with van der Waals surface area (Å²) in [5.74, 6) is 0. The summed E-state index contributed by atoms with van der Waals surface area (Å²) in [6, 6.07) is 26.9. The first-order valence-corrected chi connectivity index (χ1v) is 10.3. The highest BCUT2D eigenvalue weighted by Gasteiger charge is 2.20. The maximum Gasteiger partial charge on any atom is 0.0246 e. The maximum absolute atomic E-state index is 2.69. The Morgan fingerprint density at radius 1 is 0.778 bits per heavy atom. The molecule has 1 fully saturated rings. The zero-order valence-electron chi connectivity index (χ0n) is 16.1. The third-order valence-electron chi connectivity index (χ3n) is 5.79. The normalized spacial score (nSPS) is 15.7. The minimum absolute atomic E-state index is 0.707. The molecule has 0 amide bonds. The number of rotatable bonds is 6. The summed E-state index contributed by atoms with van der Waals surface area (Å²) >= 11 is 0. The molecule has 4 rings (SSSR count). The zero-order chi connectivity index (χ0) is 18.3. The number of benzene rings is 3. The van der Waals surface area contributed by atoms with Crippen LogP contribution in [-0.4, -0.2) is 17.5 Å². The molecule has 0 aromatic heterocycles. The Kier molecular flexibility index (Phi) is 6.01. The number of nitrogens with zero attached hydrogens (tertiary/aromatic N) is 1. The first-order valence-electron chi connectivity index (χ1n) is 10.3. The van der Waals surface area contributed by atoms with Gasteiger partial charge in [0.05, 0.1) is 0 Å². The molecule has 0 heterocycles. The predicted octanol–water partition coefficient (Wildman–Crippen LogP) is 6.69. The van der Waals surface area contributed by atoms with E-state index in [9.17, 15) is 0 Å². The minimum Gasteiger partial charge on any atom is -0.292 e. The van der Waals surface area contributed by atoms with Crippen molar-refractivity contribution in [3.8, 4) is 0 Å². The van der Waals surface area contributed by atoms with Crippen molar-refractivity contribution in [2.45, 2.75) is 44.7 Å². The standard InChI is InChI=1S/C26H29N/c1-3-11-22(12-4-1)13-10-20-27(25-17-5-2-6-18-25)21-24-16-9-15-23-14-7-8-19-26(23)24/h1,3-4,7-16,19,25H,2,5-6,17-18,20-21H2/b13-10+. The molecule has 27 heavy (non-hydrogen) atoms. The summed E-state index contributed by atoms with van der Waals surface area (Å²) in [7, 11) is 0. The summed E-state index contributed by atoms with van der Waals surface area (Å²) in [6.45, 7) is 2.05. The van der Waals surface area contributed by atoms with Crippen molar-refractivity contribution in [2.24, 2.45) is 0 Å². The molecule has 3 aromatic carbocycles. The van der Waals surface area contributed by atoms with Gasteiger partial charge in [-0.05, 0) is 34.7 Å². The van der Waals surface area contributed by atoms with E-state index >= 15 is 0 Å². The van der Waals surface area contributed by atoms with Crippen LogP contribution >= 0.6 is 0 Å². The van der Waals surface area contributed by atoms with Crippen LogP contribution in [0.25, 0.3) is 16.8 Å². The maximum atomic E-state index is 2.69. The topological polar surface area (TPSA) is 3.24 Å². The van der Waals surface area contributed by atoms with Crippen LogP contribution in [0.1, 0.15) is 43.2 Å². The predicted molar refractivity (Wildman–Crippen MR) is 117 cm³/mol. The lowest BCUT2D eigenvalue weighted by Gasteiger charge is -2.34. The quantitative estimate of drug-likeness (QED) is 0.476. The van der Waals surface area contributed by atoms with Gasteiger partial charge in [-0.15, -0.1) is 0 Å². The summed E-state index contributed by atoms with van der Waals surface area (Å²) in [4.78, 5) is 2.69. The second-order valence-corrected chi connectivity index (χ2v) is 7.67. The molecule has 1 aliphatic carbocycles. The molecular weight excluding hydrogens is 326 g/mol. The van der Waals surface area contributed by atoms with Gasteiger partial charge in [-0.1, -0.05) is 104 Å². The highest BCUT2D eigenvalue weighted by atomic mass is 15.1. The molecule has 0 N–H and O–H groups in total. The molecule has 0 spiro atoms. The summed E-state index contributed by atoms with van der Waals surface area (Å²) in [6.07, 6.45) is 11.4. The number of fused-ring (bicyclic) bond motifs is 1. The van der Waals surface area contributed by atoms with Gasteiger partial charge in [0, 0.05) is 19.1 Å². The summed E-state index contributed by atoms with van der Waals surface area (Å²) < 4.78 is 0. The molecular formula is C26H29N.